The summed E-state index contributed by atoms with van der Waals surface area (Å²) in [7, 11) is 0. The predicted molar refractivity (Wildman–Crippen MR) is 70.1 cm³/mol. The van der Waals surface area contributed by atoms with Gasteiger partial charge >= 0.3 is 12.0 Å². The average molecular weight is 276 g/mol. The standard InChI is InChI=1S/C13H16N4O3/c1-7-6-10(12(18)20-7)14-13(19)15-11-5-4-9(16-17-11)8-2-3-8/h4-5,7-8,10H,2-3,6H2,1H3,(H2,14,15,17,19). The highest BCUT2D eigenvalue weighted by Crippen LogP contribution is 2.38. The normalized spacial score (nSPS) is 25.1. The van der Waals surface area contributed by atoms with E-state index in [1.807, 2.05) is 6.07 Å². The summed E-state index contributed by atoms with van der Waals surface area (Å²) < 4.78 is 4.96. The number of hydrogen-bond donors (Lipinski definition) is 2. The van der Waals surface area contributed by atoms with Crippen molar-refractivity contribution in [3.05, 3.63) is 17.8 Å². The third-order valence-corrected chi connectivity index (χ3v) is 3.40. The summed E-state index contributed by atoms with van der Waals surface area (Å²) in [6.45, 7) is 1.79. The van der Waals surface area contributed by atoms with Crippen molar-refractivity contribution in [2.24, 2.45) is 0 Å². The number of nitrogens with zero attached hydrogens (tertiary/aromatic N) is 2. The van der Waals surface area contributed by atoms with Gasteiger partial charge in [-0.3, -0.25) is 5.32 Å². The molecule has 7 heteroatoms. The Morgan fingerprint density at radius 3 is 2.70 bits per heavy atom. The second-order valence-corrected chi connectivity index (χ2v) is 5.25. The van der Waals surface area contributed by atoms with Crippen LogP contribution in [0.25, 0.3) is 0 Å². The van der Waals surface area contributed by atoms with Crippen molar-refractivity contribution in [3.8, 4) is 0 Å². The zero-order chi connectivity index (χ0) is 14.1. The monoisotopic (exact) mass is 276 g/mol. The Morgan fingerprint density at radius 2 is 2.15 bits per heavy atom. The number of urea groups is 1. The molecule has 0 bridgehead atoms. The van der Waals surface area contributed by atoms with Crippen molar-refractivity contribution in [2.75, 3.05) is 5.32 Å². The van der Waals surface area contributed by atoms with Crippen molar-refractivity contribution in [2.45, 2.75) is 44.2 Å². The second-order valence-electron chi connectivity index (χ2n) is 5.25. The first-order chi connectivity index (χ1) is 9.61. The first kappa shape index (κ1) is 12.8. The molecule has 2 amide bonds. The van der Waals surface area contributed by atoms with Gasteiger partial charge < -0.3 is 10.1 Å². The zero-order valence-corrected chi connectivity index (χ0v) is 11.1. The molecule has 1 aromatic rings. The van der Waals surface area contributed by atoms with Crippen LogP contribution in [-0.4, -0.2) is 34.3 Å². The minimum atomic E-state index is -0.594. The van der Waals surface area contributed by atoms with Gasteiger partial charge in [0.2, 0.25) is 0 Å². The van der Waals surface area contributed by atoms with E-state index in [0.717, 1.165) is 18.5 Å². The molecule has 2 atom stereocenters. The Labute approximate surface area is 116 Å². The van der Waals surface area contributed by atoms with Gasteiger partial charge in [-0.15, -0.1) is 5.10 Å². The molecule has 0 aromatic carbocycles. The fraction of sp³-hybridized carbons (Fsp3) is 0.538. The molecule has 1 saturated carbocycles. The maximum atomic E-state index is 11.8. The van der Waals surface area contributed by atoms with Crippen LogP contribution < -0.4 is 10.6 Å². The lowest BCUT2D eigenvalue weighted by atomic mass is 10.2. The number of aromatic nitrogens is 2. The van der Waals surface area contributed by atoms with E-state index in [4.69, 9.17) is 4.74 Å². The van der Waals surface area contributed by atoms with Crippen LogP contribution in [0.15, 0.2) is 12.1 Å². The lowest BCUT2D eigenvalue weighted by molar-refractivity contribution is -0.142. The van der Waals surface area contributed by atoms with Crippen molar-refractivity contribution < 1.29 is 14.3 Å². The number of cyclic esters (lactones) is 1. The van der Waals surface area contributed by atoms with Crippen LogP contribution in [-0.2, 0) is 9.53 Å². The van der Waals surface area contributed by atoms with Gasteiger partial charge in [-0.1, -0.05) is 0 Å². The van der Waals surface area contributed by atoms with E-state index in [-0.39, 0.29) is 6.10 Å². The van der Waals surface area contributed by atoms with Gasteiger partial charge in [-0.05, 0) is 31.9 Å². The Balaban J connectivity index is 1.54. The molecular formula is C13H16N4O3. The number of hydrogen-bond acceptors (Lipinski definition) is 5. The first-order valence-corrected chi connectivity index (χ1v) is 6.73. The molecule has 1 aliphatic carbocycles. The van der Waals surface area contributed by atoms with Crippen molar-refractivity contribution in [1.82, 2.24) is 15.5 Å². The fourth-order valence-electron chi connectivity index (χ4n) is 2.19. The molecule has 20 heavy (non-hydrogen) atoms. The molecule has 1 saturated heterocycles. The number of ether oxygens (including phenoxy) is 1. The minimum Gasteiger partial charge on any atom is -0.461 e. The van der Waals surface area contributed by atoms with E-state index in [2.05, 4.69) is 20.8 Å². The molecule has 0 spiro atoms. The summed E-state index contributed by atoms with van der Waals surface area (Å²) in [6, 6.07) is 2.51. The van der Waals surface area contributed by atoms with Gasteiger partial charge in [0, 0.05) is 12.3 Å². The fourth-order valence-corrected chi connectivity index (χ4v) is 2.19. The van der Waals surface area contributed by atoms with Gasteiger partial charge in [0.1, 0.15) is 12.1 Å². The lowest BCUT2D eigenvalue weighted by Gasteiger charge is -2.09. The van der Waals surface area contributed by atoms with Crippen LogP contribution in [0, 0.1) is 0 Å². The molecule has 7 nitrogen and oxygen atoms in total. The van der Waals surface area contributed by atoms with Gasteiger partial charge in [-0.25, -0.2) is 9.59 Å². The Bertz CT molecular complexity index is 527. The second kappa shape index (κ2) is 5.07. The summed E-state index contributed by atoms with van der Waals surface area (Å²) in [5.74, 6) is 0.495. The summed E-state index contributed by atoms with van der Waals surface area (Å²) in [5.41, 5.74) is 0.962. The van der Waals surface area contributed by atoms with Crippen LogP contribution in [0.1, 0.15) is 37.8 Å². The molecule has 3 rings (SSSR count). The molecule has 106 valence electrons. The highest BCUT2D eigenvalue weighted by Gasteiger charge is 2.33. The smallest absolute Gasteiger partial charge is 0.329 e. The van der Waals surface area contributed by atoms with E-state index in [1.54, 1.807) is 13.0 Å². The van der Waals surface area contributed by atoms with E-state index in [0.29, 0.717) is 18.2 Å². The largest absolute Gasteiger partial charge is 0.461 e. The molecule has 2 N–H and O–H groups in total. The highest BCUT2D eigenvalue weighted by molar-refractivity contribution is 5.92. The molecule has 2 aliphatic rings. The molecule has 2 unspecified atom stereocenters. The zero-order valence-electron chi connectivity index (χ0n) is 11.1. The van der Waals surface area contributed by atoms with E-state index in [1.165, 1.54) is 0 Å². The Kier molecular flexibility index (Phi) is 3.25. The summed E-state index contributed by atoms with van der Waals surface area (Å²) in [4.78, 5) is 23.2. The predicted octanol–water partition coefficient (Wildman–Crippen LogP) is 1.18. The van der Waals surface area contributed by atoms with E-state index < -0.39 is 18.0 Å². The molecule has 2 fully saturated rings. The van der Waals surface area contributed by atoms with Gasteiger partial charge in [0.15, 0.2) is 5.82 Å². The topological polar surface area (TPSA) is 93.2 Å². The maximum Gasteiger partial charge on any atom is 0.329 e. The van der Waals surface area contributed by atoms with Gasteiger partial charge in [-0.2, -0.15) is 5.10 Å². The third kappa shape index (κ3) is 2.87. The number of carbonyl (C=O) groups excluding carboxylic acids is 2. The SMILES string of the molecule is CC1CC(NC(=O)Nc2ccc(C3CC3)nn2)C(=O)O1. The van der Waals surface area contributed by atoms with Crippen molar-refractivity contribution >= 4 is 17.8 Å². The highest BCUT2D eigenvalue weighted by atomic mass is 16.6. The quantitative estimate of drug-likeness (QED) is 0.809. The number of rotatable bonds is 3. The molecular weight excluding hydrogens is 260 g/mol. The van der Waals surface area contributed by atoms with Crippen LogP contribution >= 0.6 is 0 Å². The Morgan fingerprint density at radius 1 is 1.35 bits per heavy atom. The molecule has 2 heterocycles. The van der Waals surface area contributed by atoms with Gasteiger partial charge in [0.25, 0.3) is 0 Å². The van der Waals surface area contributed by atoms with Crippen LogP contribution in [0.2, 0.25) is 0 Å². The molecule has 1 aliphatic heterocycles. The number of anilines is 1. The van der Waals surface area contributed by atoms with Crippen LogP contribution in [0.4, 0.5) is 10.6 Å². The van der Waals surface area contributed by atoms with Crippen molar-refractivity contribution in [3.63, 3.8) is 0 Å². The van der Waals surface area contributed by atoms with Crippen LogP contribution in [0.3, 0.4) is 0 Å². The first-order valence-electron chi connectivity index (χ1n) is 6.73. The summed E-state index contributed by atoms with van der Waals surface area (Å²) in [6.07, 6.45) is 2.64. The summed E-state index contributed by atoms with van der Waals surface area (Å²) in [5, 5.41) is 13.1. The minimum absolute atomic E-state index is 0.162. The number of carbonyl (C=O) groups is 2. The lowest BCUT2D eigenvalue weighted by Crippen LogP contribution is -2.40. The number of esters is 1. The van der Waals surface area contributed by atoms with Crippen LogP contribution in [0.5, 0.6) is 0 Å². The summed E-state index contributed by atoms with van der Waals surface area (Å²) >= 11 is 0. The number of amides is 2. The molecule has 1 aromatic heterocycles. The van der Waals surface area contributed by atoms with Gasteiger partial charge in [0.05, 0.1) is 5.69 Å². The number of nitrogens with one attached hydrogen (secondary N) is 2. The maximum absolute atomic E-state index is 11.8. The van der Waals surface area contributed by atoms with E-state index in [9.17, 15) is 9.59 Å². The van der Waals surface area contributed by atoms with Crippen molar-refractivity contribution in [1.29, 1.82) is 0 Å². The van der Waals surface area contributed by atoms with E-state index >= 15 is 0 Å². The molecule has 0 radical (unpaired) electrons. The Hall–Kier alpha value is -2.18. The third-order valence-electron chi connectivity index (χ3n) is 3.40. The average Bonchev–Trinajstić information content (AvgIpc) is 3.18.